The number of rotatable bonds is 5. The zero-order valence-electron chi connectivity index (χ0n) is 14.1. The van der Waals surface area contributed by atoms with Crippen molar-refractivity contribution in [1.29, 1.82) is 0 Å². The van der Waals surface area contributed by atoms with Gasteiger partial charge in [0.2, 0.25) is 0 Å². The van der Waals surface area contributed by atoms with Gasteiger partial charge in [0.1, 0.15) is 0 Å². The Morgan fingerprint density at radius 3 is 1.90 bits per heavy atom. The molecule has 5 heteroatoms. The van der Waals surface area contributed by atoms with Crippen LogP contribution in [0.15, 0.2) is 0 Å². The van der Waals surface area contributed by atoms with E-state index in [0.717, 1.165) is 0 Å². The lowest BCUT2D eigenvalue weighted by Gasteiger charge is -2.32. The molecule has 2 atom stereocenters. The van der Waals surface area contributed by atoms with Gasteiger partial charge < -0.3 is 14.0 Å². The van der Waals surface area contributed by atoms with Gasteiger partial charge in [0, 0.05) is 5.82 Å². The molecule has 0 aliphatic carbocycles. The van der Waals surface area contributed by atoms with Crippen molar-refractivity contribution in [1.82, 2.24) is 0 Å². The van der Waals surface area contributed by atoms with E-state index in [9.17, 15) is 4.79 Å². The third kappa shape index (κ3) is 3.76. The minimum atomic E-state index is -0.374. The van der Waals surface area contributed by atoms with E-state index >= 15 is 0 Å². The summed E-state index contributed by atoms with van der Waals surface area (Å²) in [4.78, 5) is 12.0. The zero-order valence-corrected chi connectivity index (χ0v) is 14.1. The van der Waals surface area contributed by atoms with Gasteiger partial charge in [-0.2, -0.15) is 0 Å². The molecule has 0 aromatic rings. The van der Waals surface area contributed by atoms with Crippen LogP contribution < -0.4 is 0 Å². The van der Waals surface area contributed by atoms with Gasteiger partial charge in [-0.15, -0.1) is 0 Å². The smallest absolute Gasteiger partial charge is 0.461 e. The highest BCUT2D eigenvalue weighted by Gasteiger charge is 2.54. The van der Waals surface area contributed by atoms with Crippen LogP contribution in [0, 0.1) is 11.8 Å². The lowest BCUT2D eigenvalue weighted by atomic mass is 9.66. The fourth-order valence-electron chi connectivity index (χ4n) is 1.93. The summed E-state index contributed by atoms with van der Waals surface area (Å²) in [7, 11) is -0.374. The highest BCUT2D eigenvalue weighted by molar-refractivity contribution is 6.47. The average molecular weight is 284 g/mol. The largest absolute Gasteiger partial charge is 0.465 e. The standard InChI is InChI=1S/C15H29BO4/c1-10(2)9-18-13(17)11(3)12(4)16-19-14(5,6)15(7,8)20-16/h10-12H,9H2,1-8H3/t11-,12+/m0/s1. The highest BCUT2D eigenvalue weighted by Crippen LogP contribution is 2.41. The number of carbonyl (C=O) groups excluding carboxylic acids is 1. The molecular formula is C15H29BO4. The molecule has 0 aromatic heterocycles. The Kier molecular flexibility index (Phi) is 5.31. The summed E-state index contributed by atoms with van der Waals surface area (Å²) in [6, 6.07) is 0. The van der Waals surface area contributed by atoms with E-state index in [4.69, 9.17) is 14.0 Å². The molecule has 0 amide bonds. The molecule has 1 aliphatic heterocycles. The lowest BCUT2D eigenvalue weighted by molar-refractivity contribution is -0.149. The van der Waals surface area contributed by atoms with Crippen molar-refractivity contribution in [3.63, 3.8) is 0 Å². The molecule has 116 valence electrons. The Balaban J connectivity index is 2.62. The molecular weight excluding hydrogens is 255 g/mol. The molecule has 0 saturated carbocycles. The second-order valence-corrected chi connectivity index (χ2v) is 7.30. The quantitative estimate of drug-likeness (QED) is 0.574. The summed E-state index contributed by atoms with van der Waals surface area (Å²) in [6.45, 7) is 16.4. The third-order valence-electron chi connectivity index (χ3n) is 4.42. The monoisotopic (exact) mass is 284 g/mol. The van der Waals surface area contributed by atoms with Crippen LogP contribution in [-0.2, 0) is 18.8 Å². The molecule has 0 unspecified atom stereocenters. The molecule has 1 fully saturated rings. The first-order chi connectivity index (χ1) is 8.98. The van der Waals surface area contributed by atoms with E-state index < -0.39 is 0 Å². The zero-order chi connectivity index (χ0) is 15.7. The highest BCUT2D eigenvalue weighted by atomic mass is 16.7. The van der Waals surface area contributed by atoms with Crippen LogP contribution in [0.25, 0.3) is 0 Å². The maximum absolute atomic E-state index is 12.0. The molecule has 4 nitrogen and oxygen atoms in total. The molecule has 1 saturated heterocycles. The predicted molar refractivity (Wildman–Crippen MR) is 80.5 cm³/mol. The second-order valence-electron chi connectivity index (χ2n) is 7.30. The van der Waals surface area contributed by atoms with Gasteiger partial charge in [-0.3, -0.25) is 4.79 Å². The van der Waals surface area contributed by atoms with E-state index in [1.807, 2.05) is 55.4 Å². The number of ether oxygens (including phenoxy) is 1. The SMILES string of the molecule is CC(C)COC(=O)[C@@H](C)[C@@H](C)B1OC(C)(C)C(C)(C)O1. The second kappa shape index (κ2) is 6.06. The van der Waals surface area contributed by atoms with Crippen molar-refractivity contribution in [3.05, 3.63) is 0 Å². The first kappa shape index (κ1) is 17.5. The van der Waals surface area contributed by atoms with E-state index in [1.165, 1.54) is 0 Å². The normalized spacial score (nSPS) is 23.8. The van der Waals surface area contributed by atoms with Crippen LogP contribution in [0.4, 0.5) is 0 Å². The van der Waals surface area contributed by atoms with Crippen molar-refractivity contribution >= 4 is 13.1 Å². The number of esters is 1. The van der Waals surface area contributed by atoms with Gasteiger partial charge in [0.15, 0.2) is 0 Å². The summed E-state index contributed by atoms with van der Waals surface area (Å²) < 4.78 is 17.3. The van der Waals surface area contributed by atoms with Crippen LogP contribution in [0.3, 0.4) is 0 Å². The molecule has 1 rings (SSSR count). The number of hydrogen-bond acceptors (Lipinski definition) is 4. The Bertz CT molecular complexity index is 336. The van der Waals surface area contributed by atoms with Crippen LogP contribution in [0.5, 0.6) is 0 Å². The van der Waals surface area contributed by atoms with Gasteiger partial charge >= 0.3 is 13.1 Å². The molecule has 0 N–H and O–H groups in total. The van der Waals surface area contributed by atoms with Crippen molar-refractivity contribution in [2.24, 2.45) is 11.8 Å². The van der Waals surface area contributed by atoms with E-state index in [2.05, 4.69) is 0 Å². The fraction of sp³-hybridized carbons (Fsp3) is 0.933. The first-order valence-corrected chi connectivity index (χ1v) is 7.50. The number of hydrogen-bond donors (Lipinski definition) is 0. The van der Waals surface area contributed by atoms with Crippen LogP contribution in [0.2, 0.25) is 5.82 Å². The van der Waals surface area contributed by atoms with Gasteiger partial charge in [0.05, 0.1) is 23.7 Å². The minimum absolute atomic E-state index is 0.0456. The topological polar surface area (TPSA) is 44.8 Å². The maximum atomic E-state index is 12.0. The van der Waals surface area contributed by atoms with Gasteiger partial charge in [-0.25, -0.2) is 0 Å². The Labute approximate surface area is 123 Å². The van der Waals surface area contributed by atoms with Gasteiger partial charge in [0.25, 0.3) is 0 Å². The van der Waals surface area contributed by atoms with E-state index in [1.54, 1.807) is 0 Å². The Hall–Kier alpha value is -0.545. The molecule has 1 heterocycles. The Morgan fingerprint density at radius 2 is 1.50 bits per heavy atom. The average Bonchev–Trinajstić information content (AvgIpc) is 2.53. The fourth-order valence-corrected chi connectivity index (χ4v) is 1.93. The van der Waals surface area contributed by atoms with Crippen LogP contribution in [-0.4, -0.2) is 30.9 Å². The summed E-state index contributed by atoms with van der Waals surface area (Å²) in [5, 5.41) is 0. The Morgan fingerprint density at radius 1 is 1.05 bits per heavy atom. The van der Waals surface area contributed by atoms with Crippen molar-refractivity contribution < 1.29 is 18.8 Å². The third-order valence-corrected chi connectivity index (χ3v) is 4.42. The van der Waals surface area contributed by atoms with Crippen molar-refractivity contribution in [3.8, 4) is 0 Å². The summed E-state index contributed by atoms with van der Waals surface area (Å²) in [6.07, 6.45) is 0. The van der Waals surface area contributed by atoms with Crippen molar-refractivity contribution in [2.45, 2.75) is 72.4 Å². The molecule has 0 radical (unpaired) electrons. The van der Waals surface area contributed by atoms with Gasteiger partial charge in [-0.05, 0) is 33.6 Å². The maximum Gasteiger partial charge on any atom is 0.461 e. The van der Waals surface area contributed by atoms with Crippen LogP contribution >= 0.6 is 0 Å². The summed E-state index contributed by atoms with van der Waals surface area (Å²) in [5.74, 6) is -0.127. The number of carbonyl (C=O) groups is 1. The minimum Gasteiger partial charge on any atom is -0.465 e. The van der Waals surface area contributed by atoms with E-state index in [-0.39, 0.29) is 36.0 Å². The molecule has 1 aliphatic rings. The first-order valence-electron chi connectivity index (χ1n) is 7.50. The predicted octanol–water partition coefficient (Wildman–Crippen LogP) is 3.30. The van der Waals surface area contributed by atoms with Crippen LogP contribution in [0.1, 0.15) is 55.4 Å². The molecule has 0 bridgehead atoms. The molecule has 0 spiro atoms. The van der Waals surface area contributed by atoms with E-state index in [0.29, 0.717) is 12.5 Å². The van der Waals surface area contributed by atoms with Crippen molar-refractivity contribution in [2.75, 3.05) is 6.61 Å². The molecule has 20 heavy (non-hydrogen) atoms. The summed E-state index contributed by atoms with van der Waals surface area (Å²) in [5.41, 5.74) is -0.735. The van der Waals surface area contributed by atoms with Gasteiger partial charge in [-0.1, -0.05) is 27.7 Å². The summed E-state index contributed by atoms with van der Waals surface area (Å²) >= 11 is 0. The molecule has 0 aromatic carbocycles. The lowest BCUT2D eigenvalue weighted by Crippen LogP contribution is -2.41.